The van der Waals surface area contributed by atoms with Gasteiger partial charge in [-0.05, 0) is 41.5 Å². The molecule has 0 spiro atoms. The quantitative estimate of drug-likeness (QED) is 0.299. The molecule has 0 radical (unpaired) electrons. The minimum atomic E-state index is -4.40. The number of rotatable bonds is 8. The number of carbonyl (C=O) groups excluding carboxylic acids is 1. The van der Waals surface area contributed by atoms with Gasteiger partial charge in [0.1, 0.15) is 24.0 Å². The first-order chi connectivity index (χ1) is 18.6. The minimum absolute atomic E-state index is 0.0325. The van der Waals surface area contributed by atoms with Crippen LogP contribution in [-0.4, -0.2) is 31.2 Å². The summed E-state index contributed by atoms with van der Waals surface area (Å²) in [6.45, 7) is 0.208. The second-order valence-corrected chi connectivity index (χ2v) is 10.7. The molecule has 5 rings (SSSR count). The van der Waals surface area contributed by atoms with Crippen molar-refractivity contribution < 1.29 is 35.5 Å². The van der Waals surface area contributed by atoms with Crippen molar-refractivity contribution in [3.63, 3.8) is 0 Å². The molecular formula is C28H23F3N2O5S. The lowest BCUT2D eigenvalue weighted by Crippen LogP contribution is -2.45. The predicted octanol–water partition coefficient (Wildman–Crippen LogP) is 5.28. The van der Waals surface area contributed by atoms with E-state index in [2.05, 4.69) is 5.32 Å². The molecule has 11 heteroatoms. The third kappa shape index (κ3) is 5.84. The maximum atomic E-state index is 13.2. The first-order valence-electron chi connectivity index (χ1n) is 11.9. The van der Waals surface area contributed by atoms with Crippen molar-refractivity contribution in [2.75, 3.05) is 6.54 Å². The molecule has 0 saturated carbocycles. The number of nitrogens with zero attached hydrogens (tertiary/aromatic N) is 1. The van der Waals surface area contributed by atoms with Gasteiger partial charge in [-0.1, -0.05) is 54.6 Å². The number of alkyl halides is 3. The molecule has 0 fully saturated rings. The van der Waals surface area contributed by atoms with Crippen LogP contribution >= 0.6 is 0 Å². The number of benzene rings is 3. The third-order valence-corrected chi connectivity index (χ3v) is 7.90. The standard InChI is InChI=1S/C28H23F3N2O5S/c29-28(30,31)22-12-10-19(11-13-22)18-37-23-7-3-5-20(15-23)17-32-27(34)24-8-4-14-33(24)39(35,36)26-16-21-6-1-2-9-25(21)38-26/h1-13,15-16,24H,14,17-18H2,(H,32,34)/t24-/m0/s1. The maximum Gasteiger partial charge on any atom is 0.416 e. The summed E-state index contributed by atoms with van der Waals surface area (Å²) in [4.78, 5) is 13.0. The van der Waals surface area contributed by atoms with E-state index in [1.54, 1.807) is 54.6 Å². The number of carbonyl (C=O) groups is 1. The van der Waals surface area contributed by atoms with Crippen LogP contribution in [0, 0.1) is 0 Å². The highest BCUT2D eigenvalue weighted by atomic mass is 32.2. The second-order valence-electron chi connectivity index (χ2n) is 8.90. The Morgan fingerprint density at radius 2 is 1.77 bits per heavy atom. The maximum absolute atomic E-state index is 13.2. The van der Waals surface area contributed by atoms with Crippen molar-refractivity contribution >= 4 is 26.9 Å². The summed E-state index contributed by atoms with van der Waals surface area (Å²) < 4.78 is 77.0. The molecule has 202 valence electrons. The molecule has 0 bridgehead atoms. The monoisotopic (exact) mass is 556 g/mol. The van der Waals surface area contributed by atoms with E-state index in [-0.39, 0.29) is 24.8 Å². The molecule has 1 aliphatic heterocycles. The van der Waals surface area contributed by atoms with Gasteiger partial charge in [-0.2, -0.15) is 17.5 Å². The van der Waals surface area contributed by atoms with Gasteiger partial charge in [0, 0.05) is 24.5 Å². The van der Waals surface area contributed by atoms with Gasteiger partial charge in [-0.15, -0.1) is 0 Å². The third-order valence-electron chi connectivity index (χ3n) is 6.20. The van der Waals surface area contributed by atoms with E-state index in [1.165, 1.54) is 24.3 Å². The lowest BCUT2D eigenvalue weighted by atomic mass is 10.1. The van der Waals surface area contributed by atoms with E-state index in [0.717, 1.165) is 16.4 Å². The Kier molecular flexibility index (Phi) is 7.19. The van der Waals surface area contributed by atoms with Crippen LogP contribution in [0.25, 0.3) is 11.0 Å². The van der Waals surface area contributed by atoms with Crippen molar-refractivity contribution in [3.8, 4) is 5.75 Å². The number of hydrogen-bond donors (Lipinski definition) is 1. The smallest absolute Gasteiger partial charge is 0.416 e. The van der Waals surface area contributed by atoms with Crippen molar-refractivity contribution in [2.24, 2.45) is 0 Å². The lowest BCUT2D eigenvalue weighted by Gasteiger charge is -2.22. The Morgan fingerprint density at radius 1 is 1.00 bits per heavy atom. The second kappa shape index (κ2) is 10.6. The fraction of sp³-hybridized carbons (Fsp3) is 0.179. The molecule has 1 aliphatic rings. The van der Waals surface area contributed by atoms with Crippen molar-refractivity contribution in [1.29, 1.82) is 0 Å². The van der Waals surface area contributed by atoms with E-state index < -0.39 is 33.7 Å². The first kappa shape index (κ1) is 26.5. The zero-order chi connectivity index (χ0) is 27.6. The number of sulfonamides is 1. The van der Waals surface area contributed by atoms with Gasteiger partial charge in [-0.25, -0.2) is 8.42 Å². The van der Waals surface area contributed by atoms with Crippen LogP contribution in [0.3, 0.4) is 0 Å². The average Bonchev–Trinajstić information content (AvgIpc) is 3.59. The van der Waals surface area contributed by atoms with E-state index in [1.807, 2.05) is 0 Å². The zero-order valence-corrected chi connectivity index (χ0v) is 21.2. The number of ether oxygens (including phenoxy) is 1. The lowest BCUT2D eigenvalue weighted by molar-refractivity contribution is -0.137. The van der Waals surface area contributed by atoms with Crippen LogP contribution in [0.4, 0.5) is 13.2 Å². The molecule has 7 nitrogen and oxygen atoms in total. The summed E-state index contributed by atoms with van der Waals surface area (Å²) in [5.41, 5.74) is 0.970. The molecule has 1 atom stereocenters. The molecule has 3 aromatic carbocycles. The minimum Gasteiger partial charge on any atom is -0.489 e. The highest BCUT2D eigenvalue weighted by molar-refractivity contribution is 7.89. The van der Waals surface area contributed by atoms with Crippen molar-refractivity contribution in [2.45, 2.75) is 30.5 Å². The Morgan fingerprint density at radius 3 is 2.51 bits per heavy atom. The Hall–Kier alpha value is -4.09. The molecule has 1 N–H and O–H groups in total. The van der Waals surface area contributed by atoms with Gasteiger partial charge < -0.3 is 14.5 Å². The molecule has 0 unspecified atom stereocenters. The number of halogens is 3. The van der Waals surface area contributed by atoms with Gasteiger partial charge in [0.2, 0.25) is 11.0 Å². The highest BCUT2D eigenvalue weighted by Gasteiger charge is 2.38. The average molecular weight is 557 g/mol. The fourth-order valence-electron chi connectivity index (χ4n) is 4.16. The predicted molar refractivity (Wildman–Crippen MR) is 137 cm³/mol. The van der Waals surface area contributed by atoms with Gasteiger partial charge in [0.05, 0.1) is 5.56 Å². The highest BCUT2D eigenvalue weighted by Crippen LogP contribution is 2.30. The molecular weight excluding hydrogens is 533 g/mol. The van der Waals surface area contributed by atoms with Crippen LogP contribution in [0.15, 0.2) is 101 Å². The first-order valence-corrected chi connectivity index (χ1v) is 13.4. The van der Waals surface area contributed by atoms with E-state index in [0.29, 0.717) is 27.8 Å². The number of nitrogens with one attached hydrogen (secondary N) is 1. The summed E-state index contributed by atoms with van der Waals surface area (Å²) in [5.74, 6) is -0.0315. The Balaban J connectivity index is 1.20. The fourth-order valence-corrected chi connectivity index (χ4v) is 5.61. The van der Waals surface area contributed by atoms with Crippen LogP contribution < -0.4 is 10.1 Å². The summed E-state index contributed by atoms with van der Waals surface area (Å²) >= 11 is 0. The Bertz CT molecular complexity index is 1600. The largest absolute Gasteiger partial charge is 0.489 e. The topological polar surface area (TPSA) is 88.9 Å². The molecule has 1 amide bonds. The number of fused-ring (bicyclic) bond motifs is 1. The molecule has 1 aromatic heterocycles. The van der Waals surface area contributed by atoms with Gasteiger partial charge in [0.25, 0.3) is 10.0 Å². The van der Waals surface area contributed by atoms with Crippen LogP contribution in [-0.2, 0) is 34.1 Å². The molecule has 2 heterocycles. The number of hydrogen-bond acceptors (Lipinski definition) is 5. The van der Waals surface area contributed by atoms with Gasteiger partial charge in [-0.3, -0.25) is 4.79 Å². The Labute approximate surface area is 222 Å². The molecule has 39 heavy (non-hydrogen) atoms. The number of furan rings is 1. The summed E-state index contributed by atoms with van der Waals surface area (Å²) in [5, 5.41) is 3.16. The van der Waals surface area contributed by atoms with Gasteiger partial charge in [0.15, 0.2) is 0 Å². The van der Waals surface area contributed by atoms with Crippen LogP contribution in [0.2, 0.25) is 0 Å². The van der Waals surface area contributed by atoms with Crippen molar-refractivity contribution in [1.82, 2.24) is 9.62 Å². The zero-order valence-electron chi connectivity index (χ0n) is 20.4. The van der Waals surface area contributed by atoms with Crippen molar-refractivity contribution in [3.05, 3.63) is 108 Å². The number of amides is 1. The molecule has 4 aromatic rings. The normalized spacial score (nSPS) is 16.0. The summed E-state index contributed by atoms with van der Waals surface area (Å²) in [6, 6.07) is 18.9. The summed E-state index contributed by atoms with van der Waals surface area (Å²) in [6.07, 6.45) is -1.26. The van der Waals surface area contributed by atoms with E-state index in [4.69, 9.17) is 9.15 Å². The van der Waals surface area contributed by atoms with Gasteiger partial charge >= 0.3 is 6.18 Å². The van der Waals surface area contributed by atoms with Crippen LogP contribution in [0.5, 0.6) is 5.75 Å². The molecule has 0 saturated heterocycles. The van der Waals surface area contributed by atoms with E-state index in [9.17, 15) is 26.4 Å². The molecule has 0 aliphatic carbocycles. The SMILES string of the molecule is O=C(NCc1cccc(OCc2ccc(C(F)(F)F)cc2)c1)[C@@H]1C=CCN1S(=O)(=O)c1cc2ccccc2o1. The number of para-hydroxylation sites is 1. The van der Waals surface area contributed by atoms with E-state index >= 15 is 0 Å². The summed E-state index contributed by atoms with van der Waals surface area (Å²) in [7, 11) is -4.07. The van der Waals surface area contributed by atoms with Crippen LogP contribution in [0.1, 0.15) is 16.7 Å².